The number of carboxylic acid groups (broad SMARTS) is 4. The molecule has 1 amide bonds. The van der Waals surface area contributed by atoms with Crippen LogP contribution < -0.4 is 0 Å². The molecule has 0 aromatic heterocycles. The topological polar surface area (TPSA) is 159 Å². The Labute approximate surface area is 218 Å². The minimum atomic E-state index is -1.21. The second-order valence-corrected chi connectivity index (χ2v) is 9.20. The van der Waals surface area contributed by atoms with E-state index in [9.17, 15) is 39.6 Å². The Morgan fingerprint density at radius 3 is 1.78 bits per heavy atom. The fraction of sp³-hybridized carbons (Fsp3) is 0.615. The molecule has 0 spiro atoms. The lowest BCUT2D eigenvalue weighted by atomic mass is 9.87. The Morgan fingerprint density at radius 1 is 0.838 bits per heavy atom. The summed E-state index contributed by atoms with van der Waals surface area (Å²) < 4.78 is 0. The van der Waals surface area contributed by atoms with Gasteiger partial charge in [-0.3, -0.25) is 24.2 Å². The first-order valence-electron chi connectivity index (χ1n) is 12.6. The number of amides is 1. The van der Waals surface area contributed by atoms with Crippen LogP contribution in [0.5, 0.6) is 0 Å². The Balaban J connectivity index is 0.00000334. The van der Waals surface area contributed by atoms with Crippen molar-refractivity contribution in [2.75, 3.05) is 33.2 Å². The van der Waals surface area contributed by atoms with Crippen LogP contribution >= 0.6 is 0 Å². The number of hydrogen-bond acceptors (Lipinski definition) is 6. The molecular formula is C26H41N3O8. The molecule has 1 aromatic carbocycles. The van der Waals surface area contributed by atoms with E-state index in [0.717, 1.165) is 24.0 Å². The summed E-state index contributed by atoms with van der Waals surface area (Å²) >= 11 is 0. The summed E-state index contributed by atoms with van der Waals surface area (Å²) in [5, 5.41) is 38.2. The summed E-state index contributed by atoms with van der Waals surface area (Å²) in [6, 6.07) is 5.96. The molecule has 0 heterocycles. The van der Waals surface area contributed by atoms with Crippen LogP contribution in [0.2, 0.25) is 0 Å². The van der Waals surface area contributed by atoms with Crippen molar-refractivity contribution in [1.82, 2.24) is 14.7 Å². The average molecular weight is 524 g/mol. The van der Waals surface area contributed by atoms with E-state index in [1.165, 1.54) is 9.80 Å². The van der Waals surface area contributed by atoms with Crippen LogP contribution in [-0.4, -0.2) is 110 Å². The maximum Gasteiger partial charge on any atom is 0.407 e. The van der Waals surface area contributed by atoms with Crippen molar-refractivity contribution in [2.45, 2.75) is 71.0 Å². The fourth-order valence-electron chi connectivity index (χ4n) is 4.85. The van der Waals surface area contributed by atoms with Crippen LogP contribution in [0, 0.1) is 6.92 Å². The molecule has 1 fully saturated rings. The first kappa shape index (κ1) is 31.8. The molecule has 1 saturated carbocycles. The van der Waals surface area contributed by atoms with E-state index in [-0.39, 0.29) is 25.6 Å². The van der Waals surface area contributed by atoms with E-state index in [0.29, 0.717) is 12.8 Å². The highest BCUT2D eigenvalue weighted by Crippen LogP contribution is 2.28. The van der Waals surface area contributed by atoms with Crippen molar-refractivity contribution in [2.24, 2.45) is 0 Å². The molecule has 37 heavy (non-hydrogen) atoms. The molecule has 0 saturated heterocycles. The van der Waals surface area contributed by atoms with Gasteiger partial charge in [0.05, 0.1) is 25.7 Å². The third kappa shape index (κ3) is 10.8. The monoisotopic (exact) mass is 523 g/mol. The van der Waals surface area contributed by atoms with E-state index in [4.69, 9.17) is 0 Å². The van der Waals surface area contributed by atoms with E-state index >= 15 is 0 Å². The van der Waals surface area contributed by atoms with Gasteiger partial charge in [-0.25, -0.2) is 4.79 Å². The number of benzene rings is 1. The number of rotatable bonds is 13. The lowest BCUT2D eigenvalue weighted by molar-refractivity contribution is -0.143. The number of nitrogens with zero attached hydrogens (tertiary/aromatic N) is 3. The lowest BCUT2D eigenvalue weighted by Crippen LogP contribution is -2.58. The number of likely N-dealkylation sites (N-methyl/N-ethyl adjacent to an activating group) is 1. The highest BCUT2D eigenvalue weighted by atomic mass is 16.4. The SMILES string of the molecule is CC.Cc1ccc(CC(CN(C(=O)O)C2CCCCC2N(C)CC(=O)O)N(CC(=O)O)CC(=O)O)cc1. The Hall–Kier alpha value is -3.18. The van der Waals surface area contributed by atoms with Gasteiger partial charge in [-0.05, 0) is 38.8 Å². The summed E-state index contributed by atoms with van der Waals surface area (Å²) in [6.45, 7) is 4.48. The first-order chi connectivity index (χ1) is 17.5. The average Bonchev–Trinajstić information content (AvgIpc) is 2.82. The predicted molar refractivity (Wildman–Crippen MR) is 138 cm³/mol. The Morgan fingerprint density at radius 2 is 1.32 bits per heavy atom. The zero-order valence-electron chi connectivity index (χ0n) is 22.2. The standard InChI is InChI=1S/C24H35N3O8.C2H6/c1-16-7-9-17(10-8-16)11-18(26(14-22(30)31)15-23(32)33)12-27(24(34)35)20-6-4-3-5-19(20)25(2)13-21(28)29;1-2/h7-10,18-20H,3-6,11-15H2,1-2H3,(H,28,29)(H,30,31)(H,32,33)(H,34,35);1-2H3. The second-order valence-electron chi connectivity index (χ2n) is 9.20. The quantitative estimate of drug-likeness (QED) is 0.303. The normalized spacial score (nSPS) is 18.0. The maximum atomic E-state index is 12.4. The molecule has 208 valence electrons. The zero-order chi connectivity index (χ0) is 28.1. The molecule has 0 aliphatic heterocycles. The second kappa shape index (κ2) is 15.8. The molecular weight excluding hydrogens is 482 g/mol. The molecule has 11 heteroatoms. The minimum Gasteiger partial charge on any atom is -0.480 e. The fourth-order valence-corrected chi connectivity index (χ4v) is 4.85. The van der Waals surface area contributed by atoms with Crippen molar-refractivity contribution in [3.8, 4) is 0 Å². The summed E-state index contributed by atoms with van der Waals surface area (Å²) in [5.41, 5.74) is 1.85. The van der Waals surface area contributed by atoms with Crippen LogP contribution in [0.4, 0.5) is 4.79 Å². The van der Waals surface area contributed by atoms with Crippen LogP contribution in [0.3, 0.4) is 0 Å². The predicted octanol–water partition coefficient (Wildman–Crippen LogP) is 2.71. The van der Waals surface area contributed by atoms with Gasteiger partial charge in [0.25, 0.3) is 0 Å². The maximum absolute atomic E-state index is 12.4. The highest BCUT2D eigenvalue weighted by molar-refractivity contribution is 5.73. The van der Waals surface area contributed by atoms with Gasteiger partial charge in [0.1, 0.15) is 0 Å². The van der Waals surface area contributed by atoms with Crippen molar-refractivity contribution >= 4 is 24.0 Å². The van der Waals surface area contributed by atoms with E-state index < -0.39 is 49.2 Å². The van der Waals surface area contributed by atoms with Crippen molar-refractivity contribution in [3.63, 3.8) is 0 Å². The number of carboxylic acids is 3. The third-order valence-electron chi connectivity index (χ3n) is 6.48. The number of carbonyl (C=O) groups is 4. The molecule has 1 aliphatic carbocycles. The molecule has 11 nitrogen and oxygen atoms in total. The summed E-state index contributed by atoms with van der Waals surface area (Å²) in [4.78, 5) is 50.9. The van der Waals surface area contributed by atoms with Gasteiger partial charge >= 0.3 is 24.0 Å². The van der Waals surface area contributed by atoms with Gasteiger partial charge < -0.3 is 25.3 Å². The zero-order valence-corrected chi connectivity index (χ0v) is 22.2. The van der Waals surface area contributed by atoms with Gasteiger partial charge in [-0.15, -0.1) is 0 Å². The number of aliphatic carboxylic acids is 3. The van der Waals surface area contributed by atoms with Gasteiger partial charge in [0.15, 0.2) is 0 Å². The minimum absolute atomic E-state index is 0.105. The van der Waals surface area contributed by atoms with Crippen LogP contribution in [0.1, 0.15) is 50.7 Å². The van der Waals surface area contributed by atoms with Crippen molar-refractivity contribution in [3.05, 3.63) is 35.4 Å². The van der Waals surface area contributed by atoms with Crippen LogP contribution in [0.25, 0.3) is 0 Å². The van der Waals surface area contributed by atoms with Crippen molar-refractivity contribution < 1.29 is 39.6 Å². The van der Waals surface area contributed by atoms with Gasteiger partial charge in [0.2, 0.25) is 0 Å². The van der Waals surface area contributed by atoms with Gasteiger partial charge in [-0.1, -0.05) is 56.5 Å². The van der Waals surface area contributed by atoms with Crippen LogP contribution in [-0.2, 0) is 20.8 Å². The summed E-state index contributed by atoms with van der Waals surface area (Å²) in [5.74, 6) is -3.43. The van der Waals surface area contributed by atoms with Crippen molar-refractivity contribution in [1.29, 1.82) is 0 Å². The number of aryl methyl sites for hydroxylation is 1. The lowest BCUT2D eigenvalue weighted by Gasteiger charge is -2.44. The van der Waals surface area contributed by atoms with Gasteiger partial charge in [-0.2, -0.15) is 0 Å². The smallest absolute Gasteiger partial charge is 0.407 e. The molecule has 0 radical (unpaired) electrons. The Bertz CT molecular complexity index is 876. The molecule has 2 rings (SSSR count). The van der Waals surface area contributed by atoms with Gasteiger partial charge in [0, 0.05) is 18.6 Å². The Kier molecular flexibility index (Phi) is 13.6. The molecule has 4 N–H and O–H groups in total. The van der Waals surface area contributed by atoms with E-state index in [1.54, 1.807) is 11.9 Å². The largest absolute Gasteiger partial charge is 0.480 e. The van der Waals surface area contributed by atoms with E-state index in [1.807, 2.05) is 45.0 Å². The summed E-state index contributed by atoms with van der Waals surface area (Å²) in [7, 11) is 1.65. The summed E-state index contributed by atoms with van der Waals surface area (Å²) in [6.07, 6.45) is 1.85. The molecule has 3 atom stereocenters. The molecule has 1 aromatic rings. The highest BCUT2D eigenvalue weighted by Gasteiger charge is 2.38. The van der Waals surface area contributed by atoms with E-state index in [2.05, 4.69) is 0 Å². The molecule has 0 bridgehead atoms. The van der Waals surface area contributed by atoms with Crippen LogP contribution in [0.15, 0.2) is 24.3 Å². The molecule has 3 unspecified atom stereocenters. The number of hydrogen-bond donors (Lipinski definition) is 4. The third-order valence-corrected chi connectivity index (χ3v) is 6.48. The first-order valence-corrected chi connectivity index (χ1v) is 12.6. The molecule has 1 aliphatic rings.